The summed E-state index contributed by atoms with van der Waals surface area (Å²) in [4.78, 5) is 8.89. The molecule has 8 heteroatoms. The van der Waals surface area contributed by atoms with Crippen molar-refractivity contribution in [2.45, 2.75) is 45.1 Å². The molecule has 0 spiro atoms. The van der Waals surface area contributed by atoms with Gasteiger partial charge in [-0.3, -0.25) is 4.99 Å². The summed E-state index contributed by atoms with van der Waals surface area (Å²) in [5.41, 5.74) is 1.15. The van der Waals surface area contributed by atoms with Gasteiger partial charge >= 0.3 is 0 Å². The molecule has 1 atom stereocenters. The second-order valence-electron chi connectivity index (χ2n) is 6.22. The predicted molar refractivity (Wildman–Crippen MR) is 114 cm³/mol. The Kier molecular flexibility index (Phi) is 11.6. The normalized spacial score (nSPS) is 17.6. The molecule has 0 saturated carbocycles. The Hall–Kier alpha value is -0.450. The van der Waals surface area contributed by atoms with Gasteiger partial charge in [-0.2, -0.15) is 0 Å². The molecule has 2 heterocycles. The zero-order chi connectivity index (χ0) is 17.2. The summed E-state index contributed by atoms with van der Waals surface area (Å²) >= 11 is 1.74. The van der Waals surface area contributed by atoms with Crippen LogP contribution in [0, 0.1) is 0 Å². The Balaban J connectivity index is 0.00000312. The van der Waals surface area contributed by atoms with Crippen LogP contribution in [0.5, 0.6) is 0 Å². The average molecular weight is 482 g/mol. The van der Waals surface area contributed by atoms with E-state index in [9.17, 15) is 0 Å². The number of aromatic nitrogens is 1. The van der Waals surface area contributed by atoms with E-state index in [1.54, 1.807) is 18.4 Å². The van der Waals surface area contributed by atoms with Crippen LogP contribution in [0.15, 0.2) is 10.4 Å². The Morgan fingerprint density at radius 3 is 2.88 bits per heavy atom. The number of nitrogens with zero attached hydrogens (tertiary/aromatic N) is 2. The van der Waals surface area contributed by atoms with Crippen LogP contribution in [0.25, 0.3) is 0 Å². The maximum absolute atomic E-state index is 5.75. The first-order chi connectivity index (χ1) is 11.7. The molecule has 1 aromatic heterocycles. The number of thiazole rings is 1. The van der Waals surface area contributed by atoms with Gasteiger partial charge in [-0.15, -0.1) is 35.3 Å². The summed E-state index contributed by atoms with van der Waals surface area (Å²) in [5, 5.41) is 10.0. The summed E-state index contributed by atoms with van der Waals surface area (Å²) in [5.74, 6) is 1.34. The van der Waals surface area contributed by atoms with Gasteiger partial charge in [0.05, 0.1) is 23.4 Å². The lowest BCUT2D eigenvalue weighted by molar-refractivity contribution is 0.0420. The largest absolute Gasteiger partial charge is 0.379 e. The molecular formula is C17H31IN4O2S. The first-order valence-electron chi connectivity index (χ1n) is 8.77. The maximum Gasteiger partial charge on any atom is 0.190 e. The summed E-state index contributed by atoms with van der Waals surface area (Å²) in [6.45, 7) is 8.36. The van der Waals surface area contributed by atoms with E-state index >= 15 is 0 Å². The number of hydrogen-bond donors (Lipinski definition) is 2. The average Bonchev–Trinajstić information content (AvgIpc) is 3.24. The van der Waals surface area contributed by atoms with Gasteiger partial charge in [0.1, 0.15) is 0 Å². The van der Waals surface area contributed by atoms with Crippen LogP contribution in [0.3, 0.4) is 0 Å². The summed E-state index contributed by atoms with van der Waals surface area (Å²) in [6.07, 6.45) is 3.18. The van der Waals surface area contributed by atoms with E-state index in [0.717, 1.165) is 63.8 Å². The number of aliphatic imine (C=N–C) groups is 1. The molecule has 1 aliphatic heterocycles. The third-order valence-electron chi connectivity index (χ3n) is 3.82. The highest BCUT2D eigenvalue weighted by Crippen LogP contribution is 2.19. The molecule has 0 amide bonds. The van der Waals surface area contributed by atoms with E-state index in [0.29, 0.717) is 5.92 Å². The van der Waals surface area contributed by atoms with Crippen molar-refractivity contribution in [3.05, 3.63) is 16.1 Å². The van der Waals surface area contributed by atoms with Crippen molar-refractivity contribution in [3.63, 3.8) is 0 Å². The smallest absolute Gasteiger partial charge is 0.190 e. The second kappa shape index (κ2) is 12.8. The molecule has 2 N–H and O–H groups in total. The lowest BCUT2D eigenvalue weighted by Gasteiger charge is -2.13. The minimum Gasteiger partial charge on any atom is -0.379 e. The molecule has 1 fully saturated rings. The lowest BCUT2D eigenvalue weighted by atomic mass is 10.2. The Bertz CT molecular complexity index is 505. The third kappa shape index (κ3) is 8.65. The molecule has 0 aromatic carbocycles. The molecule has 1 aromatic rings. The number of halogens is 1. The van der Waals surface area contributed by atoms with Crippen molar-refractivity contribution >= 4 is 41.3 Å². The van der Waals surface area contributed by atoms with Gasteiger partial charge in [-0.1, -0.05) is 13.8 Å². The van der Waals surface area contributed by atoms with E-state index in [4.69, 9.17) is 9.47 Å². The van der Waals surface area contributed by atoms with Crippen LogP contribution in [0.4, 0.5) is 0 Å². The molecule has 1 unspecified atom stereocenters. The van der Waals surface area contributed by atoms with Crippen molar-refractivity contribution in [2.75, 3.05) is 40.0 Å². The standard InChI is InChI=1S/C17H30N4O2S.HI/c1-13(2)16-21-14(12-24-16)5-8-20-17(18-3)19-7-4-9-23-15-6-10-22-11-15;/h12-13,15H,4-11H2,1-3H3,(H2,18,19,20);1H. The summed E-state index contributed by atoms with van der Waals surface area (Å²) in [6, 6.07) is 0. The molecule has 0 bridgehead atoms. The van der Waals surface area contributed by atoms with Crippen LogP contribution in [0.2, 0.25) is 0 Å². The van der Waals surface area contributed by atoms with Crippen LogP contribution >= 0.6 is 35.3 Å². The van der Waals surface area contributed by atoms with Crippen molar-refractivity contribution in [2.24, 2.45) is 4.99 Å². The quantitative estimate of drug-likeness (QED) is 0.245. The van der Waals surface area contributed by atoms with Crippen LogP contribution in [-0.4, -0.2) is 57.0 Å². The molecule has 2 rings (SSSR count). The van der Waals surface area contributed by atoms with Gasteiger partial charge < -0.3 is 20.1 Å². The lowest BCUT2D eigenvalue weighted by Crippen LogP contribution is -2.39. The molecule has 0 aliphatic carbocycles. The van der Waals surface area contributed by atoms with Crippen LogP contribution < -0.4 is 10.6 Å². The minimum absolute atomic E-state index is 0. The fraction of sp³-hybridized carbons (Fsp3) is 0.765. The zero-order valence-corrected chi connectivity index (χ0v) is 18.6. The molecule has 6 nitrogen and oxygen atoms in total. The number of hydrogen-bond acceptors (Lipinski definition) is 5. The number of nitrogens with one attached hydrogen (secondary N) is 2. The Morgan fingerprint density at radius 1 is 1.44 bits per heavy atom. The van der Waals surface area contributed by atoms with Gasteiger partial charge in [0.25, 0.3) is 0 Å². The maximum atomic E-state index is 5.75. The molecule has 1 saturated heterocycles. The molecule has 1 aliphatic rings. The Morgan fingerprint density at radius 2 is 2.24 bits per heavy atom. The van der Waals surface area contributed by atoms with Crippen LogP contribution in [-0.2, 0) is 15.9 Å². The Labute approximate surface area is 172 Å². The minimum atomic E-state index is 0. The first kappa shape index (κ1) is 22.6. The fourth-order valence-electron chi connectivity index (χ4n) is 2.41. The van der Waals surface area contributed by atoms with Crippen LogP contribution in [0.1, 0.15) is 43.3 Å². The van der Waals surface area contributed by atoms with Gasteiger partial charge in [-0.05, 0) is 12.8 Å². The molecular weight excluding hydrogens is 451 g/mol. The predicted octanol–water partition coefficient (Wildman–Crippen LogP) is 2.79. The topological polar surface area (TPSA) is 67.8 Å². The molecule has 25 heavy (non-hydrogen) atoms. The monoisotopic (exact) mass is 482 g/mol. The number of ether oxygens (including phenoxy) is 2. The van der Waals surface area contributed by atoms with Crippen molar-refractivity contribution < 1.29 is 9.47 Å². The van der Waals surface area contributed by atoms with Gasteiger partial charge in [0.15, 0.2) is 5.96 Å². The van der Waals surface area contributed by atoms with Crippen molar-refractivity contribution in [1.29, 1.82) is 0 Å². The highest BCUT2D eigenvalue weighted by atomic mass is 127. The van der Waals surface area contributed by atoms with E-state index < -0.39 is 0 Å². The highest BCUT2D eigenvalue weighted by Gasteiger charge is 2.15. The zero-order valence-electron chi connectivity index (χ0n) is 15.4. The first-order valence-corrected chi connectivity index (χ1v) is 9.65. The van der Waals surface area contributed by atoms with E-state index in [2.05, 4.69) is 39.8 Å². The highest BCUT2D eigenvalue weighted by molar-refractivity contribution is 14.0. The molecule has 0 radical (unpaired) electrons. The summed E-state index contributed by atoms with van der Waals surface area (Å²) < 4.78 is 11.0. The number of guanidine groups is 1. The van der Waals surface area contributed by atoms with Crippen molar-refractivity contribution in [1.82, 2.24) is 15.6 Å². The van der Waals surface area contributed by atoms with E-state index in [1.807, 2.05) is 0 Å². The summed E-state index contributed by atoms with van der Waals surface area (Å²) in [7, 11) is 1.79. The van der Waals surface area contributed by atoms with E-state index in [1.165, 1.54) is 5.01 Å². The van der Waals surface area contributed by atoms with Gasteiger partial charge in [0.2, 0.25) is 0 Å². The second-order valence-corrected chi connectivity index (χ2v) is 7.11. The molecule has 144 valence electrons. The fourth-order valence-corrected chi connectivity index (χ4v) is 3.27. The SMILES string of the molecule is CN=C(NCCCOC1CCOC1)NCCc1csc(C(C)C)n1.I. The van der Waals surface area contributed by atoms with Gasteiger partial charge in [0, 0.05) is 51.1 Å². The number of rotatable bonds is 9. The van der Waals surface area contributed by atoms with E-state index in [-0.39, 0.29) is 30.1 Å². The third-order valence-corrected chi connectivity index (χ3v) is 5.01. The van der Waals surface area contributed by atoms with Gasteiger partial charge in [-0.25, -0.2) is 4.98 Å². The van der Waals surface area contributed by atoms with Crippen molar-refractivity contribution in [3.8, 4) is 0 Å².